The van der Waals surface area contributed by atoms with Crippen LogP contribution in [0.15, 0.2) is 30.3 Å². The Balaban J connectivity index is 1.93. The minimum atomic E-state index is -1.22. The van der Waals surface area contributed by atoms with Crippen LogP contribution in [-0.2, 0) is 20.9 Å². The van der Waals surface area contributed by atoms with E-state index >= 15 is 0 Å². The number of carbonyl (C=O) groups excluding carboxylic acids is 2. The zero-order valence-corrected chi connectivity index (χ0v) is 11.2. The Morgan fingerprint density at radius 2 is 2.10 bits per heavy atom. The van der Waals surface area contributed by atoms with E-state index in [-0.39, 0.29) is 18.4 Å². The van der Waals surface area contributed by atoms with E-state index in [2.05, 4.69) is 5.32 Å². The second-order valence-electron chi connectivity index (χ2n) is 4.94. The van der Waals surface area contributed by atoms with Crippen LogP contribution >= 0.6 is 0 Å². The van der Waals surface area contributed by atoms with Gasteiger partial charge in [0.25, 0.3) is 0 Å². The topological polar surface area (TPSA) is 78.5 Å². The second kappa shape index (κ2) is 7.05. The van der Waals surface area contributed by atoms with Gasteiger partial charge < -0.3 is 20.0 Å². The molecule has 0 bridgehead atoms. The van der Waals surface area contributed by atoms with Crippen molar-refractivity contribution in [2.45, 2.75) is 31.9 Å². The van der Waals surface area contributed by atoms with Crippen molar-refractivity contribution in [1.29, 1.82) is 0 Å². The van der Waals surface area contributed by atoms with Crippen molar-refractivity contribution in [3.8, 4) is 0 Å². The molecule has 2 atom stereocenters. The smallest absolute Gasteiger partial charge is 0.226 e. The summed E-state index contributed by atoms with van der Waals surface area (Å²) in [4.78, 5) is 23.0. The molecule has 1 aromatic carbocycles. The molecular weight excluding hydrogens is 258 g/mol. The van der Waals surface area contributed by atoms with Crippen molar-refractivity contribution in [3.63, 3.8) is 0 Å². The van der Waals surface area contributed by atoms with Crippen LogP contribution in [0.2, 0.25) is 0 Å². The SMILES string of the molecule is O=C([O-])C[C@H](C(=O)NCc1ccccc1)[C@H]1CCCO1. The average molecular weight is 276 g/mol. The van der Waals surface area contributed by atoms with Crippen molar-refractivity contribution in [2.24, 2.45) is 5.92 Å². The van der Waals surface area contributed by atoms with Crippen LogP contribution in [0.3, 0.4) is 0 Å². The van der Waals surface area contributed by atoms with Crippen LogP contribution in [0, 0.1) is 5.92 Å². The molecule has 2 rings (SSSR count). The normalized spacial score (nSPS) is 19.5. The molecule has 1 amide bonds. The van der Waals surface area contributed by atoms with Gasteiger partial charge in [-0.15, -0.1) is 0 Å². The van der Waals surface area contributed by atoms with Crippen LogP contribution in [0.4, 0.5) is 0 Å². The van der Waals surface area contributed by atoms with Crippen LogP contribution in [0.25, 0.3) is 0 Å². The van der Waals surface area contributed by atoms with Crippen molar-refractivity contribution >= 4 is 11.9 Å². The fourth-order valence-corrected chi connectivity index (χ4v) is 2.41. The molecule has 1 heterocycles. The van der Waals surface area contributed by atoms with Gasteiger partial charge in [0, 0.05) is 25.5 Å². The number of rotatable bonds is 6. The lowest BCUT2D eigenvalue weighted by Crippen LogP contribution is -2.41. The molecular formula is C15H18NO4-. The molecule has 1 saturated heterocycles. The maximum Gasteiger partial charge on any atom is 0.226 e. The minimum absolute atomic E-state index is 0.287. The number of hydrogen-bond acceptors (Lipinski definition) is 4. The molecule has 1 fully saturated rings. The monoisotopic (exact) mass is 276 g/mol. The fourth-order valence-electron chi connectivity index (χ4n) is 2.41. The Hall–Kier alpha value is -1.88. The number of nitrogens with one attached hydrogen (secondary N) is 1. The number of carboxylic acids is 1. The number of benzene rings is 1. The number of aliphatic carboxylic acids is 1. The van der Waals surface area contributed by atoms with Crippen LogP contribution in [0.1, 0.15) is 24.8 Å². The maximum atomic E-state index is 12.2. The Morgan fingerprint density at radius 3 is 2.70 bits per heavy atom. The lowest BCUT2D eigenvalue weighted by Gasteiger charge is -2.22. The van der Waals surface area contributed by atoms with E-state index < -0.39 is 11.9 Å². The number of carbonyl (C=O) groups is 2. The summed E-state index contributed by atoms with van der Waals surface area (Å²) in [6, 6.07) is 9.48. The molecule has 1 N–H and O–H groups in total. The summed E-state index contributed by atoms with van der Waals surface area (Å²) >= 11 is 0. The van der Waals surface area contributed by atoms with Gasteiger partial charge >= 0.3 is 0 Å². The van der Waals surface area contributed by atoms with Gasteiger partial charge in [0.05, 0.1) is 12.0 Å². The molecule has 1 aromatic rings. The van der Waals surface area contributed by atoms with Crippen molar-refractivity contribution in [3.05, 3.63) is 35.9 Å². The summed E-state index contributed by atoms with van der Waals surface area (Å²) in [7, 11) is 0. The number of hydrogen-bond donors (Lipinski definition) is 1. The van der Waals surface area contributed by atoms with E-state index in [1.54, 1.807) is 0 Å². The molecule has 0 spiro atoms. The first-order chi connectivity index (χ1) is 9.66. The highest BCUT2D eigenvalue weighted by molar-refractivity contribution is 5.83. The first-order valence-corrected chi connectivity index (χ1v) is 6.80. The van der Waals surface area contributed by atoms with E-state index in [4.69, 9.17) is 4.74 Å². The molecule has 0 radical (unpaired) electrons. The van der Waals surface area contributed by atoms with E-state index in [0.29, 0.717) is 13.2 Å². The third kappa shape index (κ3) is 4.06. The van der Waals surface area contributed by atoms with Crippen LogP contribution < -0.4 is 10.4 Å². The standard InChI is InChI=1S/C15H19NO4/c17-14(18)9-12(13-7-4-8-20-13)15(19)16-10-11-5-2-1-3-6-11/h1-3,5-6,12-13H,4,7-10H2,(H,16,19)(H,17,18)/p-1/t12-,13+/m0/s1. The first-order valence-electron chi connectivity index (χ1n) is 6.80. The first kappa shape index (κ1) is 14.5. The Bertz CT molecular complexity index is 454. The van der Waals surface area contributed by atoms with Gasteiger partial charge in [0.1, 0.15) is 0 Å². The van der Waals surface area contributed by atoms with Gasteiger partial charge in [0.15, 0.2) is 0 Å². The maximum absolute atomic E-state index is 12.2. The highest BCUT2D eigenvalue weighted by Crippen LogP contribution is 2.23. The Morgan fingerprint density at radius 1 is 1.35 bits per heavy atom. The quantitative estimate of drug-likeness (QED) is 0.807. The van der Waals surface area contributed by atoms with Gasteiger partial charge in [-0.3, -0.25) is 4.79 Å². The second-order valence-corrected chi connectivity index (χ2v) is 4.94. The molecule has 0 unspecified atom stereocenters. The summed E-state index contributed by atoms with van der Waals surface area (Å²) in [6.07, 6.45) is 0.964. The van der Waals surface area contributed by atoms with E-state index in [1.807, 2.05) is 30.3 Å². The molecule has 1 aliphatic heterocycles. The van der Waals surface area contributed by atoms with Gasteiger partial charge in [-0.2, -0.15) is 0 Å². The number of carboxylic acid groups (broad SMARTS) is 1. The molecule has 5 nitrogen and oxygen atoms in total. The lowest BCUT2D eigenvalue weighted by atomic mass is 9.95. The van der Waals surface area contributed by atoms with E-state index in [0.717, 1.165) is 18.4 Å². The highest BCUT2D eigenvalue weighted by atomic mass is 16.5. The molecule has 0 saturated carbocycles. The molecule has 108 valence electrons. The zero-order chi connectivity index (χ0) is 14.4. The van der Waals surface area contributed by atoms with E-state index in [9.17, 15) is 14.7 Å². The van der Waals surface area contributed by atoms with Gasteiger partial charge in [0.2, 0.25) is 5.91 Å². The van der Waals surface area contributed by atoms with Gasteiger partial charge in [-0.05, 0) is 18.4 Å². The predicted molar refractivity (Wildman–Crippen MR) is 70.4 cm³/mol. The summed E-state index contributed by atoms with van der Waals surface area (Å²) in [6.45, 7) is 0.968. The predicted octanol–water partition coefficient (Wildman–Crippen LogP) is 0.238. The zero-order valence-electron chi connectivity index (χ0n) is 11.2. The number of ether oxygens (including phenoxy) is 1. The van der Waals surface area contributed by atoms with Gasteiger partial charge in [-0.25, -0.2) is 0 Å². The lowest BCUT2D eigenvalue weighted by molar-refractivity contribution is -0.307. The van der Waals surface area contributed by atoms with Crippen LogP contribution in [-0.4, -0.2) is 24.6 Å². The summed E-state index contributed by atoms with van der Waals surface area (Å²) in [5.41, 5.74) is 0.973. The molecule has 0 aliphatic carbocycles. The highest BCUT2D eigenvalue weighted by Gasteiger charge is 2.31. The average Bonchev–Trinajstić information content (AvgIpc) is 2.97. The molecule has 5 heteroatoms. The summed E-state index contributed by atoms with van der Waals surface area (Å²) < 4.78 is 5.44. The van der Waals surface area contributed by atoms with Crippen LogP contribution in [0.5, 0.6) is 0 Å². The van der Waals surface area contributed by atoms with Crippen molar-refractivity contribution in [2.75, 3.05) is 6.61 Å². The molecule has 1 aliphatic rings. The third-order valence-corrected chi connectivity index (χ3v) is 3.45. The molecule has 0 aromatic heterocycles. The minimum Gasteiger partial charge on any atom is -0.550 e. The van der Waals surface area contributed by atoms with Crippen molar-refractivity contribution in [1.82, 2.24) is 5.32 Å². The largest absolute Gasteiger partial charge is 0.550 e. The summed E-state index contributed by atoms with van der Waals surface area (Å²) in [5.74, 6) is -2.18. The fraction of sp³-hybridized carbons (Fsp3) is 0.467. The van der Waals surface area contributed by atoms with Gasteiger partial charge in [-0.1, -0.05) is 30.3 Å². The number of amides is 1. The third-order valence-electron chi connectivity index (χ3n) is 3.45. The van der Waals surface area contributed by atoms with Crippen molar-refractivity contribution < 1.29 is 19.4 Å². The van der Waals surface area contributed by atoms with E-state index in [1.165, 1.54) is 0 Å². The Kier molecular flexibility index (Phi) is 5.12. The summed E-state index contributed by atoms with van der Waals surface area (Å²) in [5, 5.41) is 13.6. The molecule has 20 heavy (non-hydrogen) atoms. The Labute approximate surface area is 117 Å².